The minimum absolute atomic E-state index is 0.323. The fourth-order valence-electron chi connectivity index (χ4n) is 2.34. The highest BCUT2D eigenvalue weighted by molar-refractivity contribution is 7.16. The van der Waals surface area contributed by atoms with Gasteiger partial charge in [0.25, 0.3) is 5.91 Å². The zero-order chi connectivity index (χ0) is 17.8. The first kappa shape index (κ1) is 17.3. The third-order valence-electron chi connectivity index (χ3n) is 3.47. The number of rotatable bonds is 4. The Bertz CT molecular complexity index is 1050. The molecular weight excluding hydrogens is 359 g/mol. The van der Waals surface area contributed by atoms with E-state index in [4.69, 9.17) is 11.6 Å². The molecular formula is C19H14ClFN2OS. The second-order valence-electron chi connectivity index (χ2n) is 5.20. The van der Waals surface area contributed by atoms with Crippen LogP contribution in [0.3, 0.4) is 0 Å². The number of allylic oxidation sites excluding steroid dienone is 1. The Kier molecular flexibility index (Phi) is 5.26. The summed E-state index contributed by atoms with van der Waals surface area (Å²) in [4.78, 5) is 16.8. The maximum atomic E-state index is 13.4. The van der Waals surface area contributed by atoms with Gasteiger partial charge in [0.05, 0.1) is 10.2 Å². The fraction of sp³-hybridized carbons (Fsp3) is 0.0526. The van der Waals surface area contributed by atoms with E-state index in [1.54, 1.807) is 24.3 Å². The van der Waals surface area contributed by atoms with E-state index in [2.05, 4.69) is 11.6 Å². The van der Waals surface area contributed by atoms with Gasteiger partial charge in [-0.25, -0.2) is 4.39 Å². The van der Waals surface area contributed by atoms with Gasteiger partial charge in [-0.3, -0.25) is 4.79 Å². The summed E-state index contributed by atoms with van der Waals surface area (Å²) in [6, 6.07) is 11.7. The summed E-state index contributed by atoms with van der Waals surface area (Å²) in [5, 5.41) is 0.561. The number of halogens is 2. The van der Waals surface area contributed by atoms with Gasteiger partial charge in [-0.05, 0) is 35.9 Å². The zero-order valence-corrected chi connectivity index (χ0v) is 14.7. The number of carbonyl (C=O) groups is 1. The maximum absolute atomic E-state index is 13.4. The minimum atomic E-state index is -0.412. The third-order valence-corrected chi connectivity index (χ3v) is 4.86. The second-order valence-corrected chi connectivity index (χ2v) is 6.62. The van der Waals surface area contributed by atoms with Crippen molar-refractivity contribution in [1.82, 2.24) is 4.57 Å². The van der Waals surface area contributed by atoms with E-state index in [1.165, 1.54) is 29.5 Å². The Labute approximate surface area is 153 Å². The fourth-order valence-corrected chi connectivity index (χ4v) is 3.61. The van der Waals surface area contributed by atoms with Gasteiger partial charge in [0.15, 0.2) is 4.80 Å². The average molecular weight is 373 g/mol. The molecule has 3 rings (SSSR count). The van der Waals surface area contributed by atoms with Crippen LogP contribution in [0.2, 0.25) is 5.02 Å². The van der Waals surface area contributed by atoms with E-state index < -0.39 is 5.91 Å². The molecule has 2 aromatic carbocycles. The predicted molar refractivity (Wildman–Crippen MR) is 101 cm³/mol. The standard InChI is InChI=1S/C19H14ClFN2OS/c1-2-11-23-16-9-8-14(21)12-17(16)25-19(23)22-18(24)10-7-13-5-3-4-6-15(13)20/h2-10,12H,1,11H2/b10-7+,22-19?. The number of amides is 1. The lowest BCUT2D eigenvalue weighted by molar-refractivity contribution is -0.113. The average Bonchev–Trinajstić information content (AvgIpc) is 2.91. The summed E-state index contributed by atoms with van der Waals surface area (Å²) in [6.07, 6.45) is 4.70. The molecule has 0 fully saturated rings. The maximum Gasteiger partial charge on any atom is 0.272 e. The number of hydrogen-bond donors (Lipinski definition) is 0. The first-order chi connectivity index (χ1) is 12.1. The van der Waals surface area contributed by atoms with Crippen LogP contribution in [0, 0.1) is 5.82 Å². The molecule has 25 heavy (non-hydrogen) atoms. The summed E-state index contributed by atoms with van der Waals surface area (Å²) in [5.74, 6) is -0.735. The molecule has 3 aromatic rings. The molecule has 1 amide bonds. The second kappa shape index (κ2) is 7.59. The lowest BCUT2D eigenvalue weighted by atomic mass is 10.2. The van der Waals surface area contributed by atoms with Gasteiger partial charge >= 0.3 is 0 Å². The highest BCUT2D eigenvalue weighted by Crippen LogP contribution is 2.19. The predicted octanol–water partition coefficient (Wildman–Crippen LogP) is 4.82. The van der Waals surface area contributed by atoms with E-state index in [1.807, 2.05) is 22.8 Å². The van der Waals surface area contributed by atoms with Gasteiger partial charge in [0.1, 0.15) is 5.82 Å². The Morgan fingerprint density at radius 1 is 1.32 bits per heavy atom. The molecule has 0 aliphatic rings. The largest absolute Gasteiger partial charge is 0.312 e. The van der Waals surface area contributed by atoms with Crippen molar-refractivity contribution in [2.24, 2.45) is 4.99 Å². The molecule has 0 spiro atoms. The highest BCUT2D eigenvalue weighted by atomic mass is 35.5. The zero-order valence-electron chi connectivity index (χ0n) is 13.2. The first-order valence-electron chi connectivity index (χ1n) is 7.49. The number of thiazole rings is 1. The van der Waals surface area contributed by atoms with Gasteiger partial charge in [-0.1, -0.05) is 47.2 Å². The lowest BCUT2D eigenvalue weighted by Gasteiger charge is -2.00. The van der Waals surface area contributed by atoms with Crippen LogP contribution in [-0.4, -0.2) is 10.5 Å². The lowest BCUT2D eigenvalue weighted by Crippen LogP contribution is -2.15. The van der Waals surface area contributed by atoms with Gasteiger partial charge in [0, 0.05) is 17.6 Å². The van der Waals surface area contributed by atoms with E-state index in [0.29, 0.717) is 16.4 Å². The third kappa shape index (κ3) is 3.95. The SMILES string of the molecule is C=CCn1c(=NC(=O)/C=C/c2ccccc2Cl)sc2cc(F)ccc21. The van der Waals surface area contributed by atoms with Crippen molar-refractivity contribution in [2.75, 3.05) is 0 Å². The van der Waals surface area contributed by atoms with Crippen molar-refractivity contribution in [2.45, 2.75) is 6.54 Å². The number of aromatic nitrogens is 1. The Morgan fingerprint density at radius 2 is 2.12 bits per heavy atom. The van der Waals surface area contributed by atoms with E-state index in [9.17, 15) is 9.18 Å². The molecule has 126 valence electrons. The molecule has 0 radical (unpaired) electrons. The molecule has 0 bridgehead atoms. The molecule has 3 nitrogen and oxygen atoms in total. The van der Waals surface area contributed by atoms with Crippen molar-refractivity contribution >= 4 is 45.1 Å². The normalized spacial score (nSPS) is 12.2. The Hall–Kier alpha value is -2.50. The molecule has 6 heteroatoms. The van der Waals surface area contributed by atoms with Crippen LogP contribution in [0.15, 0.2) is 66.2 Å². The van der Waals surface area contributed by atoms with Crippen molar-refractivity contribution < 1.29 is 9.18 Å². The van der Waals surface area contributed by atoms with Gasteiger partial charge in [0.2, 0.25) is 0 Å². The quantitative estimate of drug-likeness (QED) is 0.477. The smallest absolute Gasteiger partial charge is 0.272 e. The Morgan fingerprint density at radius 3 is 2.88 bits per heavy atom. The Balaban J connectivity index is 1.99. The van der Waals surface area contributed by atoms with Gasteiger partial charge < -0.3 is 4.57 Å². The van der Waals surface area contributed by atoms with Gasteiger partial charge in [-0.2, -0.15) is 4.99 Å². The first-order valence-corrected chi connectivity index (χ1v) is 8.69. The molecule has 0 unspecified atom stereocenters. The molecule has 0 aliphatic heterocycles. The molecule has 0 aliphatic carbocycles. The number of nitrogens with zero attached hydrogens (tertiary/aromatic N) is 2. The van der Waals surface area contributed by atoms with Gasteiger partial charge in [-0.15, -0.1) is 6.58 Å². The molecule has 0 saturated heterocycles. The molecule has 1 heterocycles. The van der Waals surface area contributed by atoms with Crippen LogP contribution >= 0.6 is 22.9 Å². The van der Waals surface area contributed by atoms with Crippen molar-refractivity contribution in [3.8, 4) is 0 Å². The summed E-state index contributed by atoms with van der Waals surface area (Å²) in [6.45, 7) is 4.20. The monoisotopic (exact) mass is 372 g/mol. The highest BCUT2D eigenvalue weighted by Gasteiger charge is 2.07. The van der Waals surface area contributed by atoms with Crippen LogP contribution in [0.1, 0.15) is 5.56 Å². The number of benzene rings is 2. The molecule has 0 atom stereocenters. The number of hydrogen-bond acceptors (Lipinski definition) is 2. The molecule has 0 saturated carbocycles. The summed E-state index contributed by atoms with van der Waals surface area (Å²) >= 11 is 7.32. The topological polar surface area (TPSA) is 34.4 Å². The number of carbonyl (C=O) groups excluding carboxylic acids is 1. The summed E-state index contributed by atoms with van der Waals surface area (Å²) < 4.78 is 16.0. The van der Waals surface area contributed by atoms with Crippen LogP contribution in [0.5, 0.6) is 0 Å². The van der Waals surface area contributed by atoms with E-state index in [0.717, 1.165) is 15.8 Å². The molecule has 0 N–H and O–H groups in total. The summed E-state index contributed by atoms with van der Waals surface area (Å²) in [7, 11) is 0. The van der Waals surface area contributed by atoms with Crippen LogP contribution in [0.4, 0.5) is 4.39 Å². The van der Waals surface area contributed by atoms with Crippen molar-refractivity contribution in [3.63, 3.8) is 0 Å². The van der Waals surface area contributed by atoms with Crippen molar-refractivity contribution in [1.29, 1.82) is 0 Å². The van der Waals surface area contributed by atoms with E-state index >= 15 is 0 Å². The van der Waals surface area contributed by atoms with Crippen LogP contribution in [0.25, 0.3) is 16.3 Å². The summed E-state index contributed by atoms with van der Waals surface area (Å²) in [5.41, 5.74) is 1.55. The minimum Gasteiger partial charge on any atom is -0.312 e. The van der Waals surface area contributed by atoms with E-state index in [-0.39, 0.29) is 5.82 Å². The molecule has 1 aromatic heterocycles. The van der Waals surface area contributed by atoms with Crippen LogP contribution < -0.4 is 4.80 Å². The van der Waals surface area contributed by atoms with Crippen molar-refractivity contribution in [3.05, 3.63) is 82.4 Å². The van der Waals surface area contributed by atoms with Crippen LogP contribution in [-0.2, 0) is 11.3 Å². The number of fused-ring (bicyclic) bond motifs is 1.